The fourth-order valence-electron chi connectivity index (χ4n) is 3.09. The van der Waals surface area contributed by atoms with Gasteiger partial charge in [-0.2, -0.15) is 0 Å². The maximum atomic E-state index is 12.9. The summed E-state index contributed by atoms with van der Waals surface area (Å²) in [5.74, 6) is 0.470. The summed E-state index contributed by atoms with van der Waals surface area (Å²) in [4.78, 5) is 18.7. The first-order chi connectivity index (χ1) is 12.4. The third-order valence-electron chi connectivity index (χ3n) is 4.39. The maximum absolute atomic E-state index is 12.9. The van der Waals surface area contributed by atoms with Gasteiger partial charge in [-0.1, -0.05) is 23.7 Å². The molecule has 1 aromatic carbocycles. The largest absolute Gasteiger partial charge is 0.339 e. The van der Waals surface area contributed by atoms with Gasteiger partial charge in [-0.05, 0) is 37.6 Å². The number of para-hydroxylation sites is 1. The van der Waals surface area contributed by atoms with Crippen LogP contribution < -0.4 is 5.32 Å². The Morgan fingerprint density at radius 1 is 1.35 bits per heavy atom. The van der Waals surface area contributed by atoms with Crippen molar-refractivity contribution in [2.45, 2.75) is 19.4 Å². The number of carbonyl (C=O) groups excluding carboxylic acids is 1. The Balaban J connectivity index is 1.80. The molecule has 2 aromatic rings. The molecule has 6 nitrogen and oxygen atoms in total. The zero-order chi connectivity index (χ0) is 18.7. The van der Waals surface area contributed by atoms with Crippen molar-refractivity contribution in [2.75, 3.05) is 23.4 Å². The molecular weight excluding hydrogens is 374 g/mol. The molecular formula is C18H20ClN3O3S. The number of anilines is 2. The van der Waals surface area contributed by atoms with E-state index in [1.54, 1.807) is 29.3 Å². The normalized spacial score (nSPS) is 18.5. The van der Waals surface area contributed by atoms with Gasteiger partial charge in [0.1, 0.15) is 5.82 Å². The summed E-state index contributed by atoms with van der Waals surface area (Å²) in [5.41, 5.74) is 1.15. The van der Waals surface area contributed by atoms with Crippen LogP contribution in [0.3, 0.4) is 0 Å². The maximum Gasteiger partial charge on any atom is 0.254 e. The Kier molecular flexibility index (Phi) is 5.48. The lowest BCUT2D eigenvalue weighted by molar-refractivity contribution is 0.0708. The number of aromatic nitrogens is 1. The van der Waals surface area contributed by atoms with Crippen LogP contribution in [0.2, 0.25) is 5.02 Å². The molecule has 0 saturated carbocycles. The van der Waals surface area contributed by atoms with Gasteiger partial charge in [0.2, 0.25) is 0 Å². The van der Waals surface area contributed by atoms with E-state index in [1.165, 1.54) is 0 Å². The van der Waals surface area contributed by atoms with Crippen LogP contribution in [0.15, 0.2) is 42.6 Å². The van der Waals surface area contributed by atoms with Gasteiger partial charge in [-0.3, -0.25) is 4.79 Å². The molecule has 2 heterocycles. The van der Waals surface area contributed by atoms with Crippen LogP contribution in [0.25, 0.3) is 0 Å². The lowest BCUT2D eigenvalue weighted by atomic mass is 10.1. The van der Waals surface area contributed by atoms with Crippen LogP contribution >= 0.6 is 11.6 Å². The molecule has 1 unspecified atom stereocenters. The molecule has 1 atom stereocenters. The second-order valence-electron chi connectivity index (χ2n) is 6.18. The first-order valence-corrected chi connectivity index (χ1v) is 10.6. The standard InChI is InChI=1S/C18H20ClN3O3S/c1-2-22(14-8-10-26(24,25)12-14)18(23)13-7-9-20-17(11-13)21-16-6-4-3-5-15(16)19/h3-7,9,11,14H,2,8,10,12H2,1H3,(H,20,21). The van der Waals surface area contributed by atoms with E-state index in [9.17, 15) is 13.2 Å². The van der Waals surface area contributed by atoms with E-state index in [1.807, 2.05) is 25.1 Å². The highest BCUT2D eigenvalue weighted by atomic mass is 35.5. The SMILES string of the molecule is CCN(C(=O)c1ccnc(Nc2ccccc2Cl)c1)C1CCS(=O)(=O)C1. The Morgan fingerprint density at radius 2 is 2.12 bits per heavy atom. The van der Waals surface area contributed by atoms with E-state index in [2.05, 4.69) is 10.3 Å². The van der Waals surface area contributed by atoms with Crippen molar-refractivity contribution in [3.05, 3.63) is 53.2 Å². The number of nitrogens with zero attached hydrogens (tertiary/aromatic N) is 2. The Hall–Kier alpha value is -2.12. The third-order valence-corrected chi connectivity index (χ3v) is 6.47. The van der Waals surface area contributed by atoms with Gasteiger partial charge < -0.3 is 10.2 Å². The number of nitrogens with one attached hydrogen (secondary N) is 1. The monoisotopic (exact) mass is 393 g/mol. The minimum atomic E-state index is -3.05. The molecule has 138 valence electrons. The summed E-state index contributed by atoms with van der Waals surface area (Å²) in [7, 11) is -3.05. The Bertz CT molecular complexity index is 917. The lowest BCUT2D eigenvalue weighted by Crippen LogP contribution is -2.41. The van der Waals surface area contributed by atoms with Crippen LogP contribution in [0.4, 0.5) is 11.5 Å². The zero-order valence-corrected chi connectivity index (χ0v) is 15.9. The number of benzene rings is 1. The molecule has 26 heavy (non-hydrogen) atoms. The van der Waals surface area contributed by atoms with Crippen molar-refractivity contribution >= 4 is 38.9 Å². The van der Waals surface area contributed by atoms with Crippen LogP contribution in [-0.4, -0.2) is 48.3 Å². The van der Waals surface area contributed by atoms with Crippen LogP contribution in [0.1, 0.15) is 23.7 Å². The van der Waals surface area contributed by atoms with Crippen LogP contribution in [0.5, 0.6) is 0 Å². The van der Waals surface area contributed by atoms with Gasteiger partial charge in [0.15, 0.2) is 9.84 Å². The third kappa shape index (κ3) is 4.16. The van der Waals surface area contributed by atoms with Gasteiger partial charge in [-0.25, -0.2) is 13.4 Å². The molecule has 1 N–H and O–H groups in total. The number of halogens is 1. The average Bonchev–Trinajstić information content (AvgIpc) is 2.97. The predicted molar refractivity (Wildman–Crippen MR) is 103 cm³/mol. The van der Waals surface area contributed by atoms with E-state index in [-0.39, 0.29) is 23.5 Å². The lowest BCUT2D eigenvalue weighted by Gasteiger charge is -2.27. The minimum Gasteiger partial charge on any atom is -0.339 e. The van der Waals surface area contributed by atoms with Crippen molar-refractivity contribution in [3.8, 4) is 0 Å². The molecule has 0 spiro atoms. The Labute approximate surface area is 158 Å². The smallest absolute Gasteiger partial charge is 0.254 e. The van der Waals surface area contributed by atoms with Gasteiger partial charge in [0.05, 0.1) is 22.2 Å². The molecule has 1 aliphatic heterocycles. The predicted octanol–water partition coefficient (Wildman–Crippen LogP) is 3.13. The summed E-state index contributed by atoms with van der Waals surface area (Å²) in [6, 6.07) is 10.3. The van der Waals surface area contributed by atoms with Crippen molar-refractivity contribution in [1.29, 1.82) is 0 Å². The van der Waals surface area contributed by atoms with E-state index in [4.69, 9.17) is 11.6 Å². The number of amides is 1. The fraction of sp³-hybridized carbons (Fsp3) is 0.333. The number of rotatable bonds is 5. The second kappa shape index (κ2) is 7.63. The molecule has 3 rings (SSSR count). The molecule has 1 aromatic heterocycles. The zero-order valence-electron chi connectivity index (χ0n) is 14.4. The quantitative estimate of drug-likeness (QED) is 0.844. The first kappa shape index (κ1) is 18.7. The molecule has 0 bridgehead atoms. The highest BCUT2D eigenvalue weighted by molar-refractivity contribution is 7.91. The molecule has 1 fully saturated rings. The molecule has 0 radical (unpaired) electrons. The summed E-state index contributed by atoms with van der Waals surface area (Å²) < 4.78 is 23.5. The number of sulfone groups is 1. The second-order valence-corrected chi connectivity index (χ2v) is 8.82. The summed E-state index contributed by atoms with van der Waals surface area (Å²) in [6.07, 6.45) is 2.03. The topological polar surface area (TPSA) is 79.4 Å². The molecule has 0 aliphatic carbocycles. The van der Waals surface area contributed by atoms with Crippen molar-refractivity contribution in [3.63, 3.8) is 0 Å². The van der Waals surface area contributed by atoms with Crippen LogP contribution in [-0.2, 0) is 9.84 Å². The first-order valence-electron chi connectivity index (χ1n) is 8.38. The molecule has 1 aliphatic rings. The van der Waals surface area contributed by atoms with E-state index < -0.39 is 9.84 Å². The number of hydrogen-bond donors (Lipinski definition) is 1. The summed E-state index contributed by atoms with van der Waals surface area (Å²) in [5, 5.41) is 3.65. The highest BCUT2D eigenvalue weighted by Crippen LogP contribution is 2.25. The fourth-order valence-corrected chi connectivity index (χ4v) is 5.00. The summed E-state index contributed by atoms with van der Waals surface area (Å²) in [6.45, 7) is 2.31. The van der Waals surface area contributed by atoms with Crippen molar-refractivity contribution < 1.29 is 13.2 Å². The highest BCUT2D eigenvalue weighted by Gasteiger charge is 2.34. The Morgan fingerprint density at radius 3 is 2.77 bits per heavy atom. The van der Waals surface area contributed by atoms with E-state index in [0.717, 1.165) is 0 Å². The van der Waals surface area contributed by atoms with E-state index in [0.29, 0.717) is 35.1 Å². The number of carbonyl (C=O) groups is 1. The molecule has 8 heteroatoms. The number of pyridine rings is 1. The van der Waals surface area contributed by atoms with Crippen molar-refractivity contribution in [1.82, 2.24) is 9.88 Å². The van der Waals surface area contributed by atoms with Gasteiger partial charge in [0.25, 0.3) is 5.91 Å². The van der Waals surface area contributed by atoms with E-state index >= 15 is 0 Å². The average molecular weight is 394 g/mol. The number of hydrogen-bond acceptors (Lipinski definition) is 5. The molecule has 1 saturated heterocycles. The van der Waals surface area contributed by atoms with Crippen LogP contribution in [0, 0.1) is 0 Å². The summed E-state index contributed by atoms with van der Waals surface area (Å²) >= 11 is 6.14. The molecule has 1 amide bonds. The van der Waals surface area contributed by atoms with Crippen molar-refractivity contribution in [2.24, 2.45) is 0 Å². The minimum absolute atomic E-state index is 0.0302. The van der Waals surface area contributed by atoms with Gasteiger partial charge in [0, 0.05) is 24.3 Å². The van der Waals surface area contributed by atoms with Gasteiger partial charge in [-0.15, -0.1) is 0 Å². The van der Waals surface area contributed by atoms with Gasteiger partial charge >= 0.3 is 0 Å².